The maximum absolute atomic E-state index is 10.2. The van der Waals surface area contributed by atoms with Crippen LogP contribution in [0.2, 0.25) is 0 Å². The minimum absolute atomic E-state index is 0.0526. The first kappa shape index (κ1) is 7.53. The van der Waals surface area contributed by atoms with Crippen LogP contribution in [0.25, 0.3) is 0 Å². The fourth-order valence-electron chi connectivity index (χ4n) is 0.694. The number of rotatable bonds is 2. The molecule has 0 saturated carbocycles. The van der Waals surface area contributed by atoms with E-state index < -0.39 is 0 Å². The summed E-state index contributed by atoms with van der Waals surface area (Å²) in [6, 6.07) is 3.00. The Bertz CT molecular complexity index is 273. The number of carbonyl (C=O) groups is 1. The molecule has 1 heterocycles. The molecule has 1 aromatic heterocycles. The van der Waals surface area contributed by atoms with Gasteiger partial charge in [0.05, 0.1) is 0 Å². The predicted molar refractivity (Wildman–Crippen MR) is 40.8 cm³/mol. The molecule has 0 fully saturated rings. The molecule has 0 radical (unpaired) electrons. The smallest absolute Gasteiger partial charge is 0.172 e. The summed E-state index contributed by atoms with van der Waals surface area (Å²) in [5, 5.41) is 11.8. The van der Waals surface area contributed by atoms with Gasteiger partial charge in [0.2, 0.25) is 0 Å². The average Bonchev–Trinajstić information content (AvgIpc) is 2.05. The molecule has 2 N–H and O–H groups in total. The molecule has 11 heavy (non-hydrogen) atoms. The Kier molecular flexibility index (Phi) is 2.06. The van der Waals surface area contributed by atoms with E-state index >= 15 is 0 Å². The van der Waals surface area contributed by atoms with Crippen LogP contribution in [-0.4, -0.2) is 23.4 Å². The van der Waals surface area contributed by atoms with Gasteiger partial charge < -0.3 is 10.4 Å². The Balaban J connectivity index is 3.12. The zero-order chi connectivity index (χ0) is 8.27. The molecule has 58 valence electrons. The van der Waals surface area contributed by atoms with E-state index in [0.29, 0.717) is 12.1 Å². The Morgan fingerprint density at radius 3 is 2.91 bits per heavy atom. The molecule has 4 nitrogen and oxygen atoms in total. The summed E-state index contributed by atoms with van der Waals surface area (Å²) in [5.74, 6) is 0.462. The summed E-state index contributed by atoms with van der Waals surface area (Å²) in [7, 11) is 1.69. The van der Waals surface area contributed by atoms with Crippen LogP contribution in [0.1, 0.15) is 10.5 Å². The van der Waals surface area contributed by atoms with Gasteiger partial charge in [0, 0.05) is 7.05 Å². The van der Waals surface area contributed by atoms with Crippen LogP contribution < -0.4 is 5.32 Å². The van der Waals surface area contributed by atoms with Crippen LogP contribution in [0.4, 0.5) is 5.82 Å². The number of pyridine rings is 1. The van der Waals surface area contributed by atoms with E-state index in [0.717, 1.165) is 0 Å². The number of nitrogens with zero attached hydrogens (tertiary/aromatic N) is 1. The van der Waals surface area contributed by atoms with Gasteiger partial charge in [-0.2, -0.15) is 0 Å². The van der Waals surface area contributed by atoms with Crippen LogP contribution >= 0.6 is 0 Å². The number of aldehydes is 1. The van der Waals surface area contributed by atoms with E-state index in [9.17, 15) is 4.79 Å². The van der Waals surface area contributed by atoms with Crippen LogP contribution in [0.3, 0.4) is 0 Å². The van der Waals surface area contributed by atoms with Gasteiger partial charge in [0.1, 0.15) is 17.3 Å². The van der Waals surface area contributed by atoms with Crippen molar-refractivity contribution in [3.63, 3.8) is 0 Å². The lowest BCUT2D eigenvalue weighted by Gasteiger charge is -1.99. The van der Waals surface area contributed by atoms with Crippen molar-refractivity contribution in [2.24, 2.45) is 0 Å². The van der Waals surface area contributed by atoms with Crippen molar-refractivity contribution < 1.29 is 9.90 Å². The largest absolute Gasteiger partial charge is 0.506 e. The Morgan fingerprint density at radius 1 is 1.64 bits per heavy atom. The van der Waals surface area contributed by atoms with E-state index in [2.05, 4.69) is 10.3 Å². The second-order valence-corrected chi connectivity index (χ2v) is 1.97. The summed E-state index contributed by atoms with van der Waals surface area (Å²) in [4.78, 5) is 14.0. The van der Waals surface area contributed by atoms with Crippen molar-refractivity contribution in [3.05, 3.63) is 17.8 Å². The second-order valence-electron chi connectivity index (χ2n) is 1.97. The van der Waals surface area contributed by atoms with E-state index in [-0.39, 0.29) is 11.4 Å². The molecule has 0 aliphatic heterocycles. The van der Waals surface area contributed by atoms with Gasteiger partial charge in [-0.1, -0.05) is 0 Å². The molecule has 0 amide bonds. The number of aromatic nitrogens is 1. The Morgan fingerprint density at radius 2 is 2.36 bits per heavy atom. The zero-order valence-corrected chi connectivity index (χ0v) is 6.03. The van der Waals surface area contributed by atoms with E-state index in [1.54, 1.807) is 13.1 Å². The van der Waals surface area contributed by atoms with Crippen molar-refractivity contribution in [2.45, 2.75) is 0 Å². The summed E-state index contributed by atoms with van der Waals surface area (Å²) in [6.07, 6.45) is 0.510. The van der Waals surface area contributed by atoms with Crippen molar-refractivity contribution in [3.8, 4) is 5.75 Å². The first-order chi connectivity index (χ1) is 5.27. The average molecular weight is 152 g/mol. The van der Waals surface area contributed by atoms with Crippen molar-refractivity contribution in [2.75, 3.05) is 12.4 Å². The summed E-state index contributed by atoms with van der Waals surface area (Å²) < 4.78 is 0. The Hall–Kier alpha value is -1.58. The molecular weight excluding hydrogens is 144 g/mol. The van der Waals surface area contributed by atoms with Crippen LogP contribution in [-0.2, 0) is 0 Å². The quantitative estimate of drug-likeness (QED) is 0.610. The number of anilines is 1. The van der Waals surface area contributed by atoms with Gasteiger partial charge in [0.25, 0.3) is 0 Å². The Labute approximate surface area is 63.9 Å². The van der Waals surface area contributed by atoms with E-state index in [4.69, 9.17) is 5.11 Å². The number of aromatic hydroxyl groups is 1. The standard InChI is InChI=1S/C7H8N2O2/c1-8-7-3-2-6(11)5(4-10)9-7/h2-4,11H,1H3,(H,8,9). The molecule has 0 aliphatic rings. The van der Waals surface area contributed by atoms with Gasteiger partial charge >= 0.3 is 0 Å². The lowest BCUT2D eigenvalue weighted by atomic mass is 10.3. The van der Waals surface area contributed by atoms with Crippen LogP contribution in [0, 0.1) is 0 Å². The number of hydrogen-bond acceptors (Lipinski definition) is 4. The number of hydrogen-bond donors (Lipinski definition) is 2. The molecule has 0 spiro atoms. The van der Waals surface area contributed by atoms with Crippen molar-refractivity contribution in [1.29, 1.82) is 0 Å². The minimum atomic E-state index is -0.0981. The molecule has 0 aromatic carbocycles. The number of carbonyl (C=O) groups excluding carboxylic acids is 1. The van der Waals surface area contributed by atoms with Gasteiger partial charge in [0.15, 0.2) is 6.29 Å². The van der Waals surface area contributed by atoms with Crippen LogP contribution in [0.5, 0.6) is 5.75 Å². The third kappa shape index (κ3) is 1.46. The number of nitrogens with one attached hydrogen (secondary N) is 1. The SMILES string of the molecule is CNc1ccc(O)c(C=O)n1. The van der Waals surface area contributed by atoms with Gasteiger partial charge in [-0.15, -0.1) is 0 Å². The molecule has 0 unspecified atom stereocenters. The molecule has 0 atom stereocenters. The van der Waals surface area contributed by atoms with Gasteiger partial charge in [-0.3, -0.25) is 4.79 Å². The highest BCUT2D eigenvalue weighted by atomic mass is 16.3. The zero-order valence-electron chi connectivity index (χ0n) is 6.03. The first-order valence-electron chi connectivity index (χ1n) is 3.11. The van der Waals surface area contributed by atoms with E-state index in [1.807, 2.05) is 0 Å². The molecule has 1 rings (SSSR count). The molecule has 0 bridgehead atoms. The highest BCUT2D eigenvalue weighted by molar-refractivity contribution is 5.76. The lowest BCUT2D eigenvalue weighted by Crippen LogP contribution is -1.95. The highest BCUT2D eigenvalue weighted by Gasteiger charge is 2.00. The van der Waals surface area contributed by atoms with Crippen LogP contribution in [0.15, 0.2) is 12.1 Å². The molecular formula is C7H8N2O2. The fourth-order valence-corrected chi connectivity index (χ4v) is 0.694. The monoisotopic (exact) mass is 152 g/mol. The van der Waals surface area contributed by atoms with Crippen molar-refractivity contribution in [1.82, 2.24) is 4.98 Å². The summed E-state index contributed by atoms with van der Waals surface area (Å²) >= 11 is 0. The highest BCUT2D eigenvalue weighted by Crippen LogP contribution is 2.14. The maximum Gasteiger partial charge on any atom is 0.172 e. The predicted octanol–water partition coefficient (Wildman–Crippen LogP) is 0.641. The summed E-state index contributed by atoms with van der Waals surface area (Å²) in [6.45, 7) is 0. The normalized spacial score (nSPS) is 9.18. The molecule has 0 aliphatic carbocycles. The lowest BCUT2D eigenvalue weighted by molar-refractivity contribution is 0.111. The molecule has 4 heteroatoms. The fraction of sp³-hybridized carbons (Fsp3) is 0.143. The first-order valence-corrected chi connectivity index (χ1v) is 3.11. The second kappa shape index (κ2) is 3.01. The molecule has 0 saturated heterocycles. The third-order valence-electron chi connectivity index (χ3n) is 1.27. The molecule has 1 aromatic rings. The van der Waals surface area contributed by atoms with E-state index in [1.165, 1.54) is 6.07 Å². The maximum atomic E-state index is 10.2. The summed E-state index contributed by atoms with van der Waals surface area (Å²) in [5.41, 5.74) is 0.0526. The third-order valence-corrected chi connectivity index (χ3v) is 1.27. The van der Waals surface area contributed by atoms with Gasteiger partial charge in [-0.25, -0.2) is 4.98 Å². The van der Waals surface area contributed by atoms with Crippen molar-refractivity contribution >= 4 is 12.1 Å². The topological polar surface area (TPSA) is 62.2 Å². The van der Waals surface area contributed by atoms with Gasteiger partial charge in [-0.05, 0) is 12.1 Å². The minimum Gasteiger partial charge on any atom is -0.506 e.